The number of aryl methyl sites for hydroxylation is 1. The molecule has 120 valence electrons. The fourth-order valence-corrected chi connectivity index (χ4v) is 3.80. The second kappa shape index (κ2) is 6.23. The molecule has 5 nitrogen and oxygen atoms in total. The first-order valence-corrected chi connectivity index (χ1v) is 9.15. The number of aromatic amines is 1. The SMILES string of the molecule is Cc1cc(S(=O)(=O)NCc2ncc(-c3cccs3)[nH]2)ccc1F. The smallest absolute Gasteiger partial charge is 0.240 e. The molecule has 1 aromatic carbocycles. The van der Waals surface area contributed by atoms with Crippen molar-refractivity contribution in [2.45, 2.75) is 18.4 Å². The Bertz CT molecular complexity index is 918. The van der Waals surface area contributed by atoms with E-state index in [4.69, 9.17) is 0 Å². The molecule has 0 radical (unpaired) electrons. The zero-order valence-electron chi connectivity index (χ0n) is 12.2. The minimum Gasteiger partial charge on any atom is -0.340 e. The van der Waals surface area contributed by atoms with Gasteiger partial charge < -0.3 is 4.98 Å². The van der Waals surface area contributed by atoms with Gasteiger partial charge in [0.2, 0.25) is 10.0 Å². The Kier molecular flexibility index (Phi) is 4.29. The number of imidazole rings is 1. The summed E-state index contributed by atoms with van der Waals surface area (Å²) in [6.07, 6.45) is 1.66. The lowest BCUT2D eigenvalue weighted by molar-refractivity contribution is 0.578. The van der Waals surface area contributed by atoms with Gasteiger partial charge in [-0.2, -0.15) is 0 Å². The Morgan fingerprint density at radius 3 is 2.87 bits per heavy atom. The Morgan fingerprint density at radius 1 is 1.35 bits per heavy atom. The second-order valence-corrected chi connectivity index (χ2v) is 7.67. The highest BCUT2D eigenvalue weighted by Gasteiger charge is 2.16. The quantitative estimate of drug-likeness (QED) is 0.742. The monoisotopic (exact) mass is 351 g/mol. The third-order valence-electron chi connectivity index (χ3n) is 3.28. The molecule has 0 amide bonds. The summed E-state index contributed by atoms with van der Waals surface area (Å²) in [6, 6.07) is 7.57. The molecule has 0 atom stereocenters. The fourth-order valence-electron chi connectivity index (χ4n) is 2.04. The third kappa shape index (κ3) is 3.49. The Balaban J connectivity index is 1.73. The summed E-state index contributed by atoms with van der Waals surface area (Å²) in [5, 5.41) is 1.95. The molecule has 8 heteroatoms. The molecule has 2 heterocycles. The van der Waals surface area contributed by atoms with Crippen LogP contribution in [0.15, 0.2) is 46.8 Å². The summed E-state index contributed by atoms with van der Waals surface area (Å²) in [4.78, 5) is 8.29. The zero-order chi connectivity index (χ0) is 16.4. The minimum atomic E-state index is -3.72. The van der Waals surface area contributed by atoms with Crippen molar-refractivity contribution < 1.29 is 12.8 Å². The molecule has 0 spiro atoms. The number of hydrogen-bond acceptors (Lipinski definition) is 4. The molecule has 23 heavy (non-hydrogen) atoms. The highest BCUT2D eigenvalue weighted by atomic mass is 32.2. The van der Waals surface area contributed by atoms with Crippen LogP contribution in [0.3, 0.4) is 0 Å². The van der Waals surface area contributed by atoms with Crippen LogP contribution in [0.4, 0.5) is 4.39 Å². The van der Waals surface area contributed by atoms with Gasteiger partial charge in [0.15, 0.2) is 0 Å². The number of nitrogens with zero attached hydrogens (tertiary/aromatic N) is 1. The average Bonchev–Trinajstić information content (AvgIpc) is 3.18. The van der Waals surface area contributed by atoms with E-state index in [2.05, 4.69) is 14.7 Å². The van der Waals surface area contributed by atoms with Crippen LogP contribution in [-0.2, 0) is 16.6 Å². The van der Waals surface area contributed by atoms with Crippen LogP contribution < -0.4 is 4.72 Å². The van der Waals surface area contributed by atoms with Gasteiger partial charge in [0.05, 0.1) is 28.2 Å². The normalized spacial score (nSPS) is 11.7. The second-order valence-electron chi connectivity index (χ2n) is 4.96. The number of hydrogen-bond donors (Lipinski definition) is 2. The topological polar surface area (TPSA) is 74.8 Å². The van der Waals surface area contributed by atoms with Gasteiger partial charge >= 0.3 is 0 Å². The van der Waals surface area contributed by atoms with Crippen LogP contribution in [0, 0.1) is 12.7 Å². The molecule has 0 unspecified atom stereocenters. The number of nitrogens with one attached hydrogen (secondary N) is 2. The number of rotatable bonds is 5. The predicted octanol–water partition coefficient (Wildman–Crippen LogP) is 3.06. The van der Waals surface area contributed by atoms with Crippen molar-refractivity contribution in [1.29, 1.82) is 0 Å². The summed E-state index contributed by atoms with van der Waals surface area (Å²) in [5.74, 6) is 0.0754. The van der Waals surface area contributed by atoms with E-state index < -0.39 is 15.8 Å². The van der Waals surface area contributed by atoms with Crippen molar-refractivity contribution >= 4 is 21.4 Å². The molecule has 0 saturated heterocycles. The van der Waals surface area contributed by atoms with Crippen molar-refractivity contribution in [3.63, 3.8) is 0 Å². The van der Waals surface area contributed by atoms with Gasteiger partial charge in [0.1, 0.15) is 11.6 Å². The van der Waals surface area contributed by atoms with Crippen molar-refractivity contribution in [2.75, 3.05) is 0 Å². The molecule has 3 rings (SSSR count). The minimum absolute atomic E-state index is 0.0291. The van der Waals surface area contributed by atoms with E-state index in [1.54, 1.807) is 17.5 Å². The molecule has 3 aromatic rings. The highest BCUT2D eigenvalue weighted by Crippen LogP contribution is 2.22. The number of sulfonamides is 1. The summed E-state index contributed by atoms with van der Waals surface area (Å²) >= 11 is 1.57. The zero-order valence-corrected chi connectivity index (χ0v) is 13.8. The molecular formula is C15H14FN3O2S2. The molecule has 2 aromatic heterocycles. The largest absolute Gasteiger partial charge is 0.340 e. The average molecular weight is 351 g/mol. The van der Waals surface area contributed by atoms with Crippen LogP contribution in [0.2, 0.25) is 0 Å². The Labute approximate surface area is 137 Å². The Morgan fingerprint density at radius 2 is 2.17 bits per heavy atom. The van der Waals surface area contributed by atoms with Crippen molar-refractivity contribution in [2.24, 2.45) is 0 Å². The highest BCUT2D eigenvalue weighted by molar-refractivity contribution is 7.89. The van der Waals surface area contributed by atoms with Gasteiger partial charge in [-0.25, -0.2) is 22.5 Å². The standard InChI is InChI=1S/C15H14FN3O2S2/c1-10-7-11(4-5-12(10)16)23(20,21)18-9-15-17-8-13(19-15)14-3-2-6-22-14/h2-8,18H,9H2,1H3,(H,17,19). The fraction of sp³-hybridized carbons (Fsp3) is 0.133. The first kappa shape index (κ1) is 15.9. The van der Waals surface area contributed by atoms with E-state index in [9.17, 15) is 12.8 Å². The van der Waals surface area contributed by atoms with Crippen molar-refractivity contribution in [1.82, 2.24) is 14.7 Å². The maximum Gasteiger partial charge on any atom is 0.240 e. The van der Waals surface area contributed by atoms with E-state index in [1.165, 1.54) is 19.1 Å². The van der Waals surface area contributed by atoms with E-state index >= 15 is 0 Å². The van der Waals surface area contributed by atoms with Crippen LogP contribution in [0.5, 0.6) is 0 Å². The van der Waals surface area contributed by atoms with Crippen LogP contribution in [-0.4, -0.2) is 18.4 Å². The summed E-state index contributed by atoms with van der Waals surface area (Å²) in [5.41, 5.74) is 1.12. The van der Waals surface area contributed by atoms with E-state index in [1.807, 2.05) is 17.5 Å². The molecule has 0 fully saturated rings. The number of H-pyrrole nitrogens is 1. The summed E-state index contributed by atoms with van der Waals surface area (Å²) < 4.78 is 40.2. The van der Waals surface area contributed by atoms with Gasteiger partial charge in [0, 0.05) is 0 Å². The van der Waals surface area contributed by atoms with Gasteiger partial charge in [-0.15, -0.1) is 11.3 Å². The molecule has 0 aliphatic carbocycles. The van der Waals surface area contributed by atoms with E-state index in [-0.39, 0.29) is 17.0 Å². The molecule has 0 saturated carbocycles. The summed E-state index contributed by atoms with van der Waals surface area (Å²) in [7, 11) is -3.72. The van der Waals surface area contributed by atoms with E-state index in [0.29, 0.717) is 5.82 Å². The molecule has 0 bridgehead atoms. The molecule has 2 N–H and O–H groups in total. The van der Waals surface area contributed by atoms with Crippen LogP contribution >= 0.6 is 11.3 Å². The molecule has 0 aliphatic heterocycles. The maximum absolute atomic E-state index is 13.2. The number of thiophene rings is 1. The van der Waals surface area contributed by atoms with Gasteiger partial charge in [0.25, 0.3) is 0 Å². The van der Waals surface area contributed by atoms with Gasteiger partial charge in [-0.3, -0.25) is 0 Å². The summed E-state index contributed by atoms with van der Waals surface area (Å²) in [6.45, 7) is 1.55. The number of halogens is 1. The van der Waals surface area contributed by atoms with Crippen molar-refractivity contribution in [3.8, 4) is 10.6 Å². The van der Waals surface area contributed by atoms with Gasteiger partial charge in [-0.05, 0) is 42.1 Å². The van der Waals surface area contributed by atoms with Gasteiger partial charge in [-0.1, -0.05) is 6.07 Å². The number of benzene rings is 1. The lowest BCUT2D eigenvalue weighted by Gasteiger charge is -2.06. The first-order chi connectivity index (χ1) is 11.0. The Hall–Kier alpha value is -2.03. The number of aromatic nitrogens is 2. The van der Waals surface area contributed by atoms with Crippen molar-refractivity contribution in [3.05, 3.63) is 59.1 Å². The van der Waals surface area contributed by atoms with Crippen LogP contribution in [0.1, 0.15) is 11.4 Å². The van der Waals surface area contributed by atoms with Crippen LogP contribution in [0.25, 0.3) is 10.6 Å². The van der Waals surface area contributed by atoms with E-state index in [0.717, 1.165) is 16.6 Å². The lowest BCUT2D eigenvalue weighted by Crippen LogP contribution is -2.24. The predicted molar refractivity (Wildman–Crippen MR) is 87.1 cm³/mol. The molecule has 0 aliphatic rings. The first-order valence-electron chi connectivity index (χ1n) is 6.79. The molecular weight excluding hydrogens is 337 g/mol. The maximum atomic E-state index is 13.2. The third-order valence-corrected chi connectivity index (χ3v) is 5.59. The lowest BCUT2D eigenvalue weighted by atomic mass is 10.2.